The summed E-state index contributed by atoms with van der Waals surface area (Å²) < 4.78 is 1.70. The van der Waals surface area contributed by atoms with Crippen LogP contribution in [0.3, 0.4) is 0 Å². The highest BCUT2D eigenvalue weighted by Crippen LogP contribution is 2.27. The van der Waals surface area contributed by atoms with Crippen LogP contribution in [0.2, 0.25) is 0 Å². The van der Waals surface area contributed by atoms with Gasteiger partial charge in [0.05, 0.1) is 0 Å². The van der Waals surface area contributed by atoms with Crippen LogP contribution in [-0.4, -0.2) is 109 Å². The third-order valence-electron chi connectivity index (χ3n) is 6.19. The van der Waals surface area contributed by atoms with Gasteiger partial charge in [-0.1, -0.05) is 24.3 Å². The number of carbonyl (C=O) groups is 2. The summed E-state index contributed by atoms with van der Waals surface area (Å²) in [5, 5.41) is 0. The minimum absolute atomic E-state index is 0.168. The van der Waals surface area contributed by atoms with E-state index in [0.29, 0.717) is 39.3 Å². The molecule has 3 aliphatic heterocycles. The van der Waals surface area contributed by atoms with Gasteiger partial charge in [-0.25, -0.2) is 0 Å². The van der Waals surface area contributed by atoms with Gasteiger partial charge in [0.1, 0.15) is 39.3 Å². The Hall–Kier alpha value is -2.18. The molecule has 28 heavy (non-hydrogen) atoms. The summed E-state index contributed by atoms with van der Waals surface area (Å²) in [5.74, 6) is 0.335. The number of hydrogen-bond acceptors (Lipinski definition) is 2. The van der Waals surface area contributed by atoms with E-state index in [4.69, 9.17) is 0 Å². The molecule has 2 bridgehead atoms. The van der Waals surface area contributed by atoms with Crippen molar-refractivity contribution >= 4 is 11.8 Å². The summed E-state index contributed by atoms with van der Waals surface area (Å²) >= 11 is 0. The highest BCUT2D eigenvalue weighted by atomic mass is 16.2. The van der Waals surface area contributed by atoms with E-state index in [9.17, 15) is 9.59 Å². The molecule has 0 aliphatic carbocycles. The highest BCUT2D eigenvalue weighted by Gasteiger charge is 2.51. The van der Waals surface area contributed by atoms with Crippen molar-refractivity contribution < 1.29 is 18.6 Å². The predicted octanol–water partition coefficient (Wildman–Crippen LogP) is 1.05. The first-order chi connectivity index (χ1) is 13.4. The average molecular weight is 389 g/mol. The molecule has 0 aromatic heterocycles. The van der Waals surface area contributed by atoms with E-state index in [1.807, 2.05) is 9.80 Å². The zero-order chi connectivity index (χ0) is 20.6. The third-order valence-corrected chi connectivity index (χ3v) is 6.19. The zero-order valence-electron chi connectivity index (χ0n) is 17.2. The number of carbonyl (C=O) groups excluding carboxylic acids is 2. The standard InChI is InChI=1S/C22H36N4O2/c1-5-9-23(10-6-2)21(27)19-25-13-16-26(17-14-25,18-15-25)20-22(28)24(11-7-3)12-8-4/h5-8H,1-4,9-20H2/q+2. The third kappa shape index (κ3) is 5.20. The maximum Gasteiger partial charge on any atom is 0.278 e. The number of hydrogen-bond donors (Lipinski definition) is 0. The van der Waals surface area contributed by atoms with E-state index in [2.05, 4.69) is 26.3 Å². The van der Waals surface area contributed by atoms with Crippen LogP contribution < -0.4 is 0 Å². The van der Waals surface area contributed by atoms with Crippen LogP contribution in [-0.2, 0) is 9.59 Å². The molecule has 0 spiro atoms. The van der Waals surface area contributed by atoms with E-state index < -0.39 is 0 Å². The SMILES string of the molecule is C=CCN(CC=C)C(=O)C[N+]12CC[N+](CC(=O)N(CC=C)CC=C)(CC1)CC2. The highest BCUT2D eigenvalue weighted by molar-refractivity contribution is 5.78. The Balaban J connectivity index is 1.96. The first-order valence-electron chi connectivity index (χ1n) is 10.1. The lowest BCUT2D eigenvalue weighted by atomic mass is 10.1. The Kier molecular flexibility index (Phi) is 7.78. The van der Waals surface area contributed by atoms with Crippen molar-refractivity contribution in [2.24, 2.45) is 0 Å². The largest absolute Gasteiger partial charge is 0.330 e. The maximum atomic E-state index is 12.8. The minimum Gasteiger partial charge on any atom is -0.330 e. The predicted molar refractivity (Wildman–Crippen MR) is 113 cm³/mol. The van der Waals surface area contributed by atoms with Crippen molar-refractivity contribution in [3.8, 4) is 0 Å². The Bertz CT molecular complexity index is 529. The number of quaternary nitrogens is 2. The van der Waals surface area contributed by atoms with Gasteiger partial charge in [-0.15, -0.1) is 26.3 Å². The normalized spacial score (nSPS) is 25.6. The van der Waals surface area contributed by atoms with Crippen molar-refractivity contribution in [1.82, 2.24) is 9.80 Å². The Morgan fingerprint density at radius 3 is 1.07 bits per heavy atom. The number of fused-ring (bicyclic) bond motifs is 3. The fourth-order valence-electron chi connectivity index (χ4n) is 4.37. The molecule has 0 unspecified atom stereocenters. The molecule has 0 aromatic rings. The van der Waals surface area contributed by atoms with Gasteiger partial charge < -0.3 is 18.8 Å². The Morgan fingerprint density at radius 2 is 0.857 bits per heavy atom. The summed E-state index contributed by atoms with van der Waals surface area (Å²) in [6, 6.07) is 0. The second kappa shape index (κ2) is 9.85. The van der Waals surface area contributed by atoms with Gasteiger partial charge in [0.25, 0.3) is 11.8 Å². The van der Waals surface area contributed by atoms with Gasteiger partial charge >= 0.3 is 0 Å². The van der Waals surface area contributed by atoms with E-state index in [0.717, 1.165) is 48.2 Å². The monoisotopic (exact) mass is 388 g/mol. The first-order valence-corrected chi connectivity index (χ1v) is 10.1. The fourth-order valence-corrected chi connectivity index (χ4v) is 4.37. The lowest BCUT2D eigenvalue weighted by Crippen LogP contribution is -2.77. The fraction of sp³-hybridized carbons (Fsp3) is 0.545. The molecular formula is C22H36N4O2+2. The van der Waals surface area contributed by atoms with E-state index >= 15 is 0 Å². The first kappa shape index (κ1) is 22.1. The second-order valence-corrected chi connectivity index (χ2v) is 8.09. The number of amides is 2. The van der Waals surface area contributed by atoms with Crippen molar-refractivity contribution in [3.63, 3.8) is 0 Å². The Morgan fingerprint density at radius 1 is 0.607 bits per heavy atom. The van der Waals surface area contributed by atoms with Crippen molar-refractivity contribution in [2.75, 3.05) is 78.5 Å². The second-order valence-electron chi connectivity index (χ2n) is 8.09. The van der Waals surface area contributed by atoms with Crippen LogP contribution in [0.5, 0.6) is 0 Å². The van der Waals surface area contributed by atoms with Gasteiger partial charge in [-0.05, 0) is 0 Å². The van der Waals surface area contributed by atoms with Crippen LogP contribution in [0.25, 0.3) is 0 Å². The maximum absolute atomic E-state index is 12.8. The Labute approximate surface area is 169 Å². The van der Waals surface area contributed by atoms with Gasteiger partial charge in [0.15, 0.2) is 13.1 Å². The molecule has 6 nitrogen and oxygen atoms in total. The topological polar surface area (TPSA) is 40.6 Å². The van der Waals surface area contributed by atoms with E-state index in [1.165, 1.54) is 0 Å². The van der Waals surface area contributed by atoms with Crippen LogP contribution >= 0.6 is 0 Å². The van der Waals surface area contributed by atoms with Gasteiger partial charge in [-0.3, -0.25) is 9.59 Å². The summed E-state index contributed by atoms with van der Waals surface area (Å²) in [4.78, 5) is 29.2. The zero-order valence-corrected chi connectivity index (χ0v) is 17.2. The molecule has 3 aliphatic rings. The summed E-state index contributed by atoms with van der Waals surface area (Å²) in [6.07, 6.45) is 7.05. The number of rotatable bonds is 12. The molecule has 3 saturated heterocycles. The molecule has 2 amide bonds. The molecule has 6 heteroatoms. The van der Waals surface area contributed by atoms with Crippen molar-refractivity contribution in [1.29, 1.82) is 0 Å². The summed E-state index contributed by atoms with van der Waals surface area (Å²) in [7, 11) is 0. The van der Waals surface area contributed by atoms with Crippen LogP contribution in [0.1, 0.15) is 0 Å². The average Bonchev–Trinajstić information content (AvgIpc) is 2.69. The molecule has 3 heterocycles. The summed E-state index contributed by atoms with van der Waals surface area (Å²) in [6.45, 7) is 24.0. The number of piperazine rings is 3. The van der Waals surface area contributed by atoms with Gasteiger partial charge in [0, 0.05) is 26.2 Å². The molecule has 3 rings (SSSR count). The summed E-state index contributed by atoms with van der Waals surface area (Å²) in [5.41, 5.74) is 0. The van der Waals surface area contributed by atoms with Gasteiger partial charge in [0.2, 0.25) is 0 Å². The lowest BCUT2D eigenvalue weighted by molar-refractivity contribution is -1.07. The van der Waals surface area contributed by atoms with E-state index in [1.54, 1.807) is 24.3 Å². The molecule has 0 atom stereocenters. The van der Waals surface area contributed by atoms with Crippen LogP contribution in [0.15, 0.2) is 50.6 Å². The molecule has 3 fully saturated rings. The molecule has 0 saturated carbocycles. The molecule has 154 valence electrons. The van der Waals surface area contributed by atoms with Crippen LogP contribution in [0, 0.1) is 0 Å². The van der Waals surface area contributed by atoms with Crippen LogP contribution in [0.4, 0.5) is 0 Å². The van der Waals surface area contributed by atoms with Crippen molar-refractivity contribution in [3.05, 3.63) is 50.6 Å². The minimum atomic E-state index is 0.168. The molecule has 0 N–H and O–H groups in total. The van der Waals surface area contributed by atoms with E-state index in [-0.39, 0.29) is 11.8 Å². The molecular weight excluding hydrogens is 352 g/mol. The molecule has 0 aromatic carbocycles. The van der Waals surface area contributed by atoms with Gasteiger partial charge in [-0.2, -0.15) is 0 Å². The lowest BCUT2D eigenvalue weighted by Gasteiger charge is -2.55. The van der Waals surface area contributed by atoms with Crippen molar-refractivity contribution in [2.45, 2.75) is 0 Å². The quantitative estimate of drug-likeness (QED) is 0.370. The number of nitrogens with zero attached hydrogens (tertiary/aromatic N) is 4. The smallest absolute Gasteiger partial charge is 0.278 e. The molecule has 0 radical (unpaired) electrons.